The van der Waals surface area contributed by atoms with Crippen LogP contribution in [0.4, 0.5) is 0 Å². The van der Waals surface area contributed by atoms with Gasteiger partial charge in [-0.3, -0.25) is 27.4 Å². The molecule has 2 aliphatic heterocycles. The van der Waals surface area contributed by atoms with Crippen LogP contribution in [0.2, 0.25) is 0 Å². The molecule has 0 aromatic carbocycles. The van der Waals surface area contributed by atoms with E-state index >= 15 is 0 Å². The quantitative estimate of drug-likeness (QED) is 0.0614. The smallest absolute Gasteiger partial charge is 0.478 e. The molecule has 0 aliphatic carbocycles. The molecular weight excluding hydrogens is 822 g/mol. The number of phosphoric acid groups is 4. The summed E-state index contributed by atoms with van der Waals surface area (Å²) < 4.78 is 81.8. The Bertz CT molecular complexity index is 1950. The van der Waals surface area contributed by atoms with Gasteiger partial charge in [-0.25, -0.2) is 47.4 Å². The zero-order chi connectivity index (χ0) is 36.9. The number of phosphoric ester groups is 2. The van der Waals surface area contributed by atoms with Crippen molar-refractivity contribution in [2.24, 2.45) is 0 Å². The highest BCUT2D eigenvalue weighted by atomic mass is 31.3. The predicted octanol–water partition coefficient (Wildman–Crippen LogP) is -2.38. The minimum absolute atomic E-state index is 0. The number of aliphatic hydroxyl groups excluding tert-OH is 4. The van der Waals surface area contributed by atoms with E-state index in [1.807, 2.05) is 0 Å². The average molecular weight is 857 g/mol. The number of imidazole rings is 2. The maximum atomic E-state index is 12.3. The van der Waals surface area contributed by atoms with Crippen molar-refractivity contribution in [1.29, 1.82) is 0 Å². The van der Waals surface area contributed by atoms with E-state index in [4.69, 9.17) is 9.47 Å². The van der Waals surface area contributed by atoms with Crippen LogP contribution in [0.25, 0.3) is 22.3 Å². The summed E-state index contributed by atoms with van der Waals surface area (Å²) in [5.41, 5.74) is 0.904. The van der Waals surface area contributed by atoms with Crippen LogP contribution in [0.15, 0.2) is 37.7 Å². The molecular formula is C20H35N11O19P4. The van der Waals surface area contributed by atoms with Crippen LogP contribution in [0.5, 0.6) is 0 Å². The monoisotopic (exact) mass is 857 g/mol. The second-order valence-corrected chi connectivity index (χ2v) is 16.6. The number of hydrogen-bond donors (Lipinski definition) is 8. The van der Waals surface area contributed by atoms with Gasteiger partial charge in [0.2, 0.25) is 0 Å². The van der Waals surface area contributed by atoms with E-state index in [2.05, 4.69) is 51.9 Å². The van der Waals surface area contributed by atoms with Crippen LogP contribution >= 0.6 is 31.3 Å². The minimum Gasteiger partial charge on any atom is -0.756 e. The Morgan fingerprint density at radius 1 is 0.630 bits per heavy atom. The van der Waals surface area contributed by atoms with E-state index in [1.54, 1.807) is 0 Å². The van der Waals surface area contributed by atoms with Gasteiger partial charge >= 0.3 is 7.82 Å². The van der Waals surface area contributed by atoms with Gasteiger partial charge in [-0.1, -0.05) is 0 Å². The molecule has 4 aromatic heterocycles. The van der Waals surface area contributed by atoms with E-state index in [0.717, 1.165) is 12.7 Å². The number of ether oxygens (including phenoxy) is 2. The van der Waals surface area contributed by atoms with Crippen molar-refractivity contribution < 1.29 is 89.7 Å². The number of rotatable bonds is 14. The largest absolute Gasteiger partial charge is 0.756 e. The lowest BCUT2D eigenvalue weighted by molar-refractivity contribution is -0.249. The van der Waals surface area contributed by atoms with Crippen LogP contribution in [-0.4, -0.2) is 114 Å². The summed E-state index contributed by atoms with van der Waals surface area (Å²) in [4.78, 5) is 69.8. The van der Waals surface area contributed by atoms with Gasteiger partial charge in [-0.2, -0.15) is 0 Å². The van der Waals surface area contributed by atoms with Crippen molar-refractivity contribution in [2.75, 3.05) is 13.2 Å². The van der Waals surface area contributed by atoms with Gasteiger partial charge in [0.05, 0.1) is 38.3 Å². The fourth-order valence-corrected chi connectivity index (χ4v) is 9.70. The molecule has 0 amide bonds. The minimum atomic E-state index is -6.54. The van der Waals surface area contributed by atoms with Crippen molar-refractivity contribution in [3.05, 3.63) is 37.7 Å². The standard InChI is InChI=1S/C20H26N8O19P4.3H3N/c29-13-11(43-19(15(13)31)27-7-25-9-1-21-5-23-17(9)27)3-41-48(33,34)45-50(37,38)47-51(39,40)46-49(35,36)42-4-12-14(30)16(32)20(44-12)28-8-26-10-2-22-6-24-18(10)28;;;/h1-2,5-8,11-16,19-20,29-32H,3-4H2,(H,33,34)(H,35,36)(H,37,38)(H,39,40);3*1H3/t11-,12-,13-,14-,15-,16-,19-,20-;;;/m1.../s1. The van der Waals surface area contributed by atoms with Gasteiger partial charge in [-0.15, -0.1) is 0 Å². The number of nitrogens with zero attached hydrogens (tertiary/aromatic N) is 8. The van der Waals surface area contributed by atoms with E-state index in [1.165, 1.54) is 34.2 Å². The third kappa shape index (κ3) is 9.99. The zero-order valence-electron chi connectivity index (χ0n) is 27.8. The lowest BCUT2D eigenvalue weighted by Crippen LogP contribution is -2.34. The van der Waals surface area contributed by atoms with E-state index < -0.39 is 93.6 Å². The molecule has 6 rings (SSSR count). The highest BCUT2D eigenvalue weighted by molar-refractivity contribution is 7.68. The first kappa shape index (κ1) is 45.7. The molecule has 6 heterocycles. The molecule has 2 saturated heterocycles. The predicted molar refractivity (Wildman–Crippen MR) is 168 cm³/mol. The summed E-state index contributed by atoms with van der Waals surface area (Å²) in [6.45, 7) is -2.31. The molecule has 4 unspecified atom stereocenters. The van der Waals surface area contributed by atoms with Crippen LogP contribution in [0.3, 0.4) is 0 Å². The van der Waals surface area contributed by atoms with Gasteiger partial charge in [0.25, 0.3) is 23.5 Å². The molecule has 0 spiro atoms. The van der Waals surface area contributed by atoms with Crippen molar-refractivity contribution in [1.82, 2.24) is 57.5 Å². The van der Waals surface area contributed by atoms with Gasteiger partial charge in [0.15, 0.2) is 23.8 Å². The van der Waals surface area contributed by atoms with Crippen LogP contribution in [0.1, 0.15) is 12.5 Å². The van der Waals surface area contributed by atoms with Gasteiger partial charge in [0.1, 0.15) is 60.3 Å². The average Bonchev–Trinajstić information content (AvgIpc) is 3.79. The molecule has 54 heavy (non-hydrogen) atoms. The number of aliphatic hydroxyl groups is 4. The maximum Gasteiger partial charge on any atom is 0.478 e. The van der Waals surface area contributed by atoms with Gasteiger partial charge < -0.3 is 72.4 Å². The van der Waals surface area contributed by atoms with E-state index in [9.17, 15) is 58.3 Å². The summed E-state index contributed by atoms with van der Waals surface area (Å²) in [7, 11) is -25.0. The fraction of sp³-hybridized carbons (Fsp3) is 0.500. The number of quaternary nitrogens is 3. The highest BCUT2D eigenvalue weighted by Crippen LogP contribution is 2.67. The second-order valence-electron chi connectivity index (χ2n) is 10.5. The first-order valence-corrected chi connectivity index (χ1v) is 19.7. The van der Waals surface area contributed by atoms with Crippen LogP contribution in [-0.2, 0) is 49.7 Å². The van der Waals surface area contributed by atoms with Crippen molar-refractivity contribution >= 4 is 53.6 Å². The number of hydrogen-bond acceptors (Lipinski definition) is 24. The Morgan fingerprint density at radius 3 is 1.50 bits per heavy atom. The Hall–Kier alpha value is -2.70. The normalized spacial score (nSPS) is 29.9. The van der Waals surface area contributed by atoms with Crippen molar-refractivity contribution in [3.8, 4) is 0 Å². The van der Waals surface area contributed by atoms with E-state index in [0.29, 0.717) is 0 Å². The fourth-order valence-electron chi connectivity index (χ4n) is 4.92. The summed E-state index contributed by atoms with van der Waals surface area (Å²) in [6, 6.07) is 0. The highest BCUT2D eigenvalue weighted by Gasteiger charge is 2.47. The maximum absolute atomic E-state index is 12.3. The summed E-state index contributed by atoms with van der Waals surface area (Å²) in [5, 5.41) is 41.5. The molecule has 2 aliphatic rings. The molecule has 304 valence electrons. The first-order chi connectivity index (χ1) is 23.9. The summed E-state index contributed by atoms with van der Waals surface area (Å²) in [5.74, 6) is 0. The third-order valence-corrected chi connectivity index (χ3v) is 12.9. The second kappa shape index (κ2) is 17.2. The zero-order valence-corrected chi connectivity index (χ0v) is 31.4. The SMILES string of the molecule is O=P([O-])(OC[C@H]1O[C@@H](n2cnc3cncnc32)[C@H](O)[C@@H]1O)OP(=O)([O-])OP(=O)([O-])OP(=O)(O)OC[C@H]1O[C@@H](n2cnc3cncnc32)[C@H](O)[C@@H]1O.[NH4+].[NH4+].[NH4+]. The van der Waals surface area contributed by atoms with Crippen molar-refractivity contribution in [3.63, 3.8) is 0 Å². The third-order valence-electron chi connectivity index (χ3n) is 7.10. The molecule has 0 bridgehead atoms. The number of aromatic nitrogens is 8. The molecule has 17 N–H and O–H groups in total. The first-order valence-electron chi connectivity index (χ1n) is 13.8. The Labute approximate surface area is 300 Å². The van der Waals surface area contributed by atoms with Crippen LogP contribution in [0, 0.1) is 0 Å². The van der Waals surface area contributed by atoms with E-state index in [-0.39, 0.29) is 40.8 Å². The molecule has 0 radical (unpaired) electrons. The lowest BCUT2D eigenvalue weighted by Gasteiger charge is -2.34. The van der Waals surface area contributed by atoms with Gasteiger partial charge in [0, 0.05) is 0 Å². The van der Waals surface area contributed by atoms with Gasteiger partial charge in [-0.05, 0) is 0 Å². The summed E-state index contributed by atoms with van der Waals surface area (Å²) >= 11 is 0. The Kier molecular flexibility index (Phi) is 14.6. The number of fused-ring (bicyclic) bond motifs is 2. The van der Waals surface area contributed by atoms with Crippen molar-refractivity contribution in [2.45, 2.75) is 49.1 Å². The van der Waals surface area contributed by atoms with Crippen LogP contribution < -0.4 is 33.1 Å². The molecule has 34 heteroatoms. The Morgan fingerprint density at radius 2 is 1.04 bits per heavy atom. The molecule has 4 aromatic rings. The molecule has 12 atom stereocenters. The molecule has 30 nitrogen and oxygen atoms in total. The Balaban J connectivity index is 0.00000261. The topological polar surface area (TPSA) is 500 Å². The lowest BCUT2D eigenvalue weighted by atomic mass is 10.1. The summed E-state index contributed by atoms with van der Waals surface area (Å²) in [6.07, 6.45) is -5.61. The molecule has 2 fully saturated rings. The molecule has 0 saturated carbocycles.